The van der Waals surface area contributed by atoms with Crippen LogP contribution in [0.5, 0.6) is 0 Å². The zero-order valence-electron chi connectivity index (χ0n) is 13.7. The number of aryl methyl sites for hydroxylation is 2. The Morgan fingerprint density at radius 3 is 2.58 bits per heavy atom. The minimum Gasteiger partial charge on any atom is -1.00 e. The van der Waals surface area contributed by atoms with E-state index < -0.39 is 0 Å². The van der Waals surface area contributed by atoms with E-state index in [4.69, 9.17) is 0 Å². The number of hydrogen-bond acceptors (Lipinski definition) is 1. The zero-order valence-corrected chi connectivity index (χ0v) is 16.1. The van der Waals surface area contributed by atoms with E-state index in [-0.39, 0.29) is 17.0 Å². The Bertz CT molecular complexity index is 970. The van der Waals surface area contributed by atoms with Crippen molar-refractivity contribution in [3.05, 3.63) is 83.0 Å². The molecule has 24 heavy (non-hydrogen) atoms. The first-order valence-electron chi connectivity index (χ1n) is 7.82. The molecule has 0 N–H and O–H groups in total. The highest BCUT2D eigenvalue weighted by Crippen LogP contribution is 2.27. The molecular formula is C20H19BrN2S. The molecule has 0 atom stereocenters. The smallest absolute Gasteiger partial charge is 0.346 e. The van der Waals surface area contributed by atoms with E-state index >= 15 is 0 Å². The molecule has 0 aliphatic carbocycles. The maximum atomic E-state index is 2.41. The first-order valence-corrected chi connectivity index (χ1v) is 8.70. The fourth-order valence-corrected chi connectivity index (χ4v) is 3.96. The van der Waals surface area contributed by atoms with Gasteiger partial charge >= 0.3 is 4.96 Å². The van der Waals surface area contributed by atoms with E-state index in [0.717, 1.165) is 6.54 Å². The largest absolute Gasteiger partial charge is 1.00 e. The Labute approximate surface area is 156 Å². The van der Waals surface area contributed by atoms with Gasteiger partial charge in [-0.1, -0.05) is 65.4 Å². The number of hydrogen-bond donors (Lipinski definition) is 0. The van der Waals surface area contributed by atoms with E-state index in [0.29, 0.717) is 0 Å². The second kappa shape index (κ2) is 6.91. The van der Waals surface area contributed by atoms with Gasteiger partial charge in [-0.2, -0.15) is 4.40 Å². The molecule has 2 aromatic heterocycles. The molecule has 4 rings (SSSR count). The number of thiazole rings is 1. The monoisotopic (exact) mass is 398 g/mol. The summed E-state index contributed by atoms with van der Waals surface area (Å²) in [6.45, 7) is 5.23. The minimum absolute atomic E-state index is 0. The molecule has 2 aromatic carbocycles. The van der Waals surface area contributed by atoms with Gasteiger partial charge in [-0.15, -0.1) is 0 Å². The van der Waals surface area contributed by atoms with Crippen molar-refractivity contribution in [2.45, 2.75) is 20.4 Å². The highest BCUT2D eigenvalue weighted by Gasteiger charge is 2.21. The number of imidazole rings is 1. The van der Waals surface area contributed by atoms with Gasteiger partial charge in [0.15, 0.2) is 5.69 Å². The summed E-state index contributed by atoms with van der Waals surface area (Å²) in [5.74, 6) is 0. The van der Waals surface area contributed by atoms with Crippen LogP contribution in [0.25, 0.3) is 16.2 Å². The highest BCUT2D eigenvalue weighted by molar-refractivity contribution is 7.14. The molecule has 122 valence electrons. The number of aromatic nitrogens is 2. The SMILES string of the molecule is Cc1ccc(-c2c[n+]3ccsc3n2Cc2ccccc2)c(C)c1.[Br-]. The highest BCUT2D eigenvalue weighted by atomic mass is 79.9. The molecule has 4 heteroatoms. The summed E-state index contributed by atoms with van der Waals surface area (Å²) < 4.78 is 4.64. The number of fused-ring (bicyclic) bond motifs is 1. The van der Waals surface area contributed by atoms with E-state index in [1.165, 1.54) is 32.9 Å². The third-order valence-corrected chi connectivity index (χ3v) is 5.14. The van der Waals surface area contributed by atoms with Crippen LogP contribution in [-0.2, 0) is 6.54 Å². The molecule has 0 amide bonds. The quantitative estimate of drug-likeness (QED) is 0.463. The van der Waals surface area contributed by atoms with Gasteiger partial charge in [0.1, 0.15) is 18.9 Å². The number of rotatable bonds is 3. The molecular weight excluding hydrogens is 380 g/mol. The van der Waals surface area contributed by atoms with Gasteiger partial charge in [0.2, 0.25) is 0 Å². The Morgan fingerprint density at radius 2 is 1.83 bits per heavy atom. The molecule has 0 bridgehead atoms. The molecule has 0 saturated heterocycles. The summed E-state index contributed by atoms with van der Waals surface area (Å²) in [7, 11) is 0. The molecule has 2 heterocycles. The summed E-state index contributed by atoms with van der Waals surface area (Å²) in [6, 6.07) is 17.4. The lowest BCUT2D eigenvalue weighted by atomic mass is 10.0. The molecule has 0 radical (unpaired) electrons. The molecule has 0 aliphatic rings. The number of benzene rings is 2. The standard InChI is InChI=1S/C20H19N2S.BrH/c1-15-8-9-18(16(2)12-15)19-14-21-10-11-23-20(21)22(19)13-17-6-4-3-5-7-17;/h3-12,14H,13H2,1-2H3;1H/q+1;/p-1. The van der Waals surface area contributed by atoms with Crippen LogP contribution in [0.4, 0.5) is 0 Å². The Hall–Kier alpha value is -1.91. The maximum Gasteiger partial charge on any atom is 0.346 e. The van der Waals surface area contributed by atoms with Crippen molar-refractivity contribution in [3.8, 4) is 11.3 Å². The molecule has 0 saturated carbocycles. The van der Waals surface area contributed by atoms with Crippen molar-refractivity contribution in [1.82, 2.24) is 4.57 Å². The van der Waals surface area contributed by atoms with Crippen molar-refractivity contribution in [1.29, 1.82) is 0 Å². The van der Waals surface area contributed by atoms with Gasteiger partial charge in [0.05, 0.1) is 0 Å². The van der Waals surface area contributed by atoms with Crippen molar-refractivity contribution >= 4 is 16.3 Å². The van der Waals surface area contributed by atoms with E-state index in [2.05, 4.69) is 89.1 Å². The van der Waals surface area contributed by atoms with E-state index in [1.54, 1.807) is 11.3 Å². The van der Waals surface area contributed by atoms with Gasteiger partial charge in [0, 0.05) is 10.9 Å². The molecule has 0 fully saturated rings. The van der Waals surface area contributed by atoms with Gasteiger partial charge in [0.25, 0.3) is 0 Å². The minimum atomic E-state index is 0. The molecule has 2 nitrogen and oxygen atoms in total. The molecule has 0 unspecified atom stereocenters. The average molecular weight is 399 g/mol. The van der Waals surface area contributed by atoms with Gasteiger partial charge in [-0.3, -0.25) is 0 Å². The van der Waals surface area contributed by atoms with E-state index in [1.807, 2.05) is 0 Å². The van der Waals surface area contributed by atoms with Crippen molar-refractivity contribution in [2.24, 2.45) is 0 Å². The summed E-state index contributed by atoms with van der Waals surface area (Å²) in [5, 5.41) is 2.14. The van der Waals surface area contributed by atoms with Crippen LogP contribution >= 0.6 is 11.3 Å². The number of halogens is 1. The summed E-state index contributed by atoms with van der Waals surface area (Å²) in [6.07, 6.45) is 4.38. The van der Waals surface area contributed by atoms with Gasteiger partial charge in [-0.25, -0.2) is 4.57 Å². The van der Waals surface area contributed by atoms with Gasteiger partial charge in [-0.05, 0) is 25.0 Å². The van der Waals surface area contributed by atoms with Crippen LogP contribution < -0.4 is 21.4 Å². The second-order valence-corrected chi connectivity index (χ2v) is 6.87. The first kappa shape index (κ1) is 16.9. The molecule has 0 spiro atoms. The summed E-state index contributed by atoms with van der Waals surface area (Å²) >= 11 is 1.78. The van der Waals surface area contributed by atoms with Crippen molar-refractivity contribution < 1.29 is 21.4 Å². The lowest BCUT2D eigenvalue weighted by molar-refractivity contribution is -0.505. The predicted molar refractivity (Wildman–Crippen MR) is 95.9 cm³/mol. The Kier molecular flexibility index (Phi) is 4.88. The second-order valence-electron chi connectivity index (χ2n) is 6.00. The zero-order chi connectivity index (χ0) is 15.8. The van der Waals surface area contributed by atoms with Crippen molar-refractivity contribution in [2.75, 3.05) is 0 Å². The fraction of sp³-hybridized carbons (Fsp3) is 0.150. The van der Waals surface area contributed by atoms with Crippen LogP contribution in [0.3, 0.4) is 0 Å². The van der Waals surface area contributed by atoms with E-state index in [9.17, 15) is 0 Å². The summed E-state index contributed by atoms with van der Waals surface area (Å²) in [5.41, 5.74) is 6.54. The molecule has 0 aliphatic heterocycles. The van der Waals surface area contributed by atoms with Gasteiger partial charge < -0.3 is 17.0 Å². The lowest BCUT2D eigenvalue weighted by Gasteiger charge is -2.06. The Morgan fingerprint density at radius 1 is 1.04 bits per heavy atom. The van der Waals surface area contributed by atoms with Crippen LogP contribution in [0, 0.1) is 13.8 Å². The first-order chi connectivity index (χ1) is 11.2. The average Bonchev–Trinajstić information content (AvgIpc) is 3.11. The predicted octanol–water partition coefficient (Wildman–Crippen LogP) is 1.62. The summed E-state index contributed by atoms with van der Waals surface area (Å²) in [4.78, 5) is 1.27. The lowest BCUT2D eigenvalue weighted by Crippen LogP contribution is -3.00. The maximum absolute atomic E-state index is 2.41. The van der Waals surface area contributed by atoms with Crippen LogP contribution in [0.2, 0.25) is 0 Å². The van der Waals surface area contributed by atoms with Crippen LogP contribution in [-0.4, -0.2) is 4.57 Å². The third kappa shape index (κ3) is 3.04. The fourth-order valence-electron chi connectivity index (χ4n) is 3.12. The van der Waals surface area contributed by atoms with Crippen molar-refractivity contribution in [3.63, 3.8) is 0 Å². The molecule has 4 aromatic rings. The van der Waals surface area contributed by atoms with Crippen LogP contribution in [0.15, 0.2) is 66.3 Å². The normalized spacial score (nSPS) is 10.8. The number of nitrogens with zero attached hydrogens (tertiary/aromatic N) is 2. The van der Waals surface area contributed by atoms with Crippen LogP contribution in [0.1, 0.15) is 16.7 Å². The third-order valence-electron chi connectivity index (χ3n) is 4.24. The Balaban J connectivity index is 0.00000169. The topological polar surface area (TPSA) is 9.03 Å².